The molecule has 0 aromatic carbocycles. The molecule has 0 rings (SSSR count). The van der Waals surface area contributed by atoms with Crippen LogP contribution in [0.1, 0.15) is 12.8 Å². The Kier molecular flexibility index (Phi) is 5.79. The molecule has 0 spiro atoms. The largest absolute Gasteiger partial charge is 0.393 e. The first-order valence-electron chi connectivity index (χ1n) is 3.82. The Hall–Kier alpha value is -1.17. The number of carbonyl (C=O) groups is 2. The Morgan fingerprint density at radius 2 is 2.31 bits per heavy atom. The van der Waals surface area contributed by atoms with Gasteiger partial charge in [0.05, 0.1) is 11.0 Å². The number of thiocarbonyl (C=S) groups is 1. The van der Waals surface area contributed by atoms with E-state index in [1.54, 1.807) is 0 Å². The van der Waals surface area contributed by atoms with Crippen molar-refractivity contribution in [3.8, 4) is 0 Å². The Morgan fingerprint density at radius 3 is 2.69 bits per heavy atom. The fourth-order valence-electron chi connectivity index (χ4n) is 0.713. The van der Waals surface area contributed by atoms with Crippen LogP contribution in [0.15, 0.2) is 0 Å². The summed E-state index contributed by atoms with van der Waals surface area (Å²) in [7, 11) is 1.48. The number of urea groups is 1. The summed E-state index contributed by atoms with van der Waals surface area (Å²) >= 11 is 4.64. The third-order valence-electron chi connectivity index (χ3n) is 1.41. The number of rotatable bonds is 5. The summed E-state index contributed by atoms with van der Waals surface area (Å²) in [5.41, 5.74) is 5.25. The van der Waals surface area contributed by atoms with Crippen LogP contribution in [0.4, 0.5) is 4.79 Å². The number of hydrogen-bond acceptors (Lipinski definition) is 3. The monoisotopic (exact) mass is 203 g/mol. The SMILES string of the molecule is CNC(=O)NC(C=O)CCC(N)=S. The Balaban J connectivity index is 3.82. The first kappa shape index (κ1) is 11.8. The van der Waals surface area contributed by atoms with E-state index in [-0.39, 0.29) is 6.03 Å². The molecule has 0 aliphatic heterocycles. The van der Waals surface area contributed by atoms with Crippen LogP contribution in [0.5, 0.6) is 0 Å². The van der Waals surface area contributed by atoms with Gasteiger partial charge in [0.1, 0.15) is 6.29 Å². The van der Waals surface area contributed by atoms with Crippen LogP contribution in [-0.2, 0) is 4.79 Å². The lowest BCUT2D eigenvalue weighted by Gasteiger charge is -2.11. The van der Waals surface area contributed by atoms with Crippen molar-refractivity contribution in [3.63, 3.8) is 0 Å². The van der Waals surface area contributed by atoms with E-state index in [0.717, 1.165) is 0 Å². The maximum absolute atomic E-state index is 10.8. The first-order valence-corrected chi connectivity index (χ1v) is 4.22. The van der Waals surface area contributed by atoms with Gasteiger partial charge in [0.15, 0.2) is 0 Å². The number of carbonyl (C=O) groups excluding carboxylic acids is 2. The topological polar surface area (TPSA) is 84.2 Å². The van der Waals surface area contributed by atoms with E-state index in [1.807, 2.05) is 0 Å². The molecule has 5 nitrogen and oxygen atoms in total. The lowest BCUT2D eigenvalue weighted by Crippen LogP contribution is -2.41. The van der Waals surface area contributed by atoms with Crippen LogP contribution >= 0.6 is 12.2 Å². The molecule has 1 atom stereocenters. The Morgan fingerprint density at radius 1 is 1.69 bits per heavy atom. The number of hydrogen-bond donors (Lipinski definition) is 3. The molecule has 0 aliphatic carbocycles. The second-order valence-corrected chi connectivity index (χ2v) is 3.00. The van der Waals surface area contributed by atoms with Crippen LogP contribution in [-0.4, -0.2) is 30.4 Å². The molecule has 0 aliphatic rings. The number of nitrogens with one attached hydrogen (secondary N) is 2. The van der Waals surface area contributed by atoms with Crippen LogP contribution in [0, 0.1) is 0 Å². The Bertz CT molecular complexity index is 208. The molecular weight excluding hydrogens is 190 g/mol. The maximum atomic E-state index is 10.8. The van der Waals surface area contributed by atoms with E-state index in [4.69, 9.17) is 5.73 Å². The van der Waals surface area contributed by atoms with Gasteiger partial charge in [0.25, 0.3) is 0 Å². The smallest absolute Gasteiger partial charge is 0.315 e. The fraction of sp³-hybridized carbons (Fsp3) is 0.571. The molecule has 0 bridgehead atoms. The number of nitrogens with two attached hydrogens (primary N) is 1. The predicted octanol–water partition coefficient (Wildman–Crippen LogP) is -0.451. The molecule has 1 unspecified atom stereocenters. The minimum absolute atomic E-state index is 0.338. The molecule has 0 fully saturated rings. The first-order chi connectivity index (χ1) is 6.10. The number of amides is 2. The average Bonchev–Trinajstić information content (AvgIpc) is 2.11. The van der Waals surface area contributed by atoms with E-state index in [1.165, 1.54) is 7.05 Å². The molecule has 0 saturated carbocycles. The van der Waals surface area contributed by atoms with Crippen LogP contribution < -0.4 is 16.4 Å². The van der Waals surface area contributed by atoms with Gasteiger partial charge in [-0.25, -0.2) is 4.79 Å². The molecule has 0 aromatic heterocycles. The minimum Gasteiger partial charge on any atom is -0.393 e. The van der Waals surface area contributed by atoms with Gasteiger partial charge in [-0.05, 0) is 12.8 Å². The molecule has 2 amide bonds. The average molecular weight is 203 g/mol. The third kappa shape index (κ3) is 6.03. The summed E-state index contributed by atoms with van der Waals surface area (Å²) in [6, 6.07) is -0.915. The fourth-order valence-corrected chi connectivity index (χ4v) is 0.830. The van der Waals surface area contributed by atoms with Crippen molar-refractivity contribution in [1.29, 1.82) is 0 Å². The molecule has 74 valence electrons. The maximum Gasteiger partial charge on any atom is 0.315 e. The highest BCUT2D eigenvalue weighted by molar-refractivity contribution is 7.80. The lowest BCUT2D eigenvalue weighted by molar-refractivity contribution is -0.109. The van der Waals surface area contributed by atoms with Crippen LogP contribution in [0.2, 0.25) is 0 Å². The molecule has 0 radical (unpaired) electrons. The van der Waals surface area contributed by atoms with Gasteiger partial charge in [-0.3, -0.25) is 0 Å². The summed E-state index contributed by atoms with van der Waals surface area (Å²) in [6.07, 6.45) is 1.54. The van der Waals surface area contributed by atoms with Crippen LogP contribution in [0.3, 0.4) is 0 Å². The minimum atomic E-state index is -0.526. The third-order valence-corrected chi connectivity index (χ3v) is 1.61. The van der Waals surface area contributed by atoms with Crippen molar-refractivity contribution in [2.24, 2.45) is 5.73 Å². The van der Waals surface area contributed by atoms with Crippen molar-refractivity contribution in [2.45, 2.75) is 18.9 Å². The highest BCUT2D eigenvalue weighted by Crippen LogP contribution is 1.94. The van der Waals surface area contributed by atoms with Gasteiger partial charge in [0, 0.05) is 7.05 Å². The highest BCUT2D eigenvalue weighted by Gasteiger charge is 2.09. The molecular formula is C7H13N3O2S. The highest BCUT2D eigenvalue weighted by atomic mass is 32.1. The van der Waals surface area contributed by atoms with E-state index >= 15 is 0 Å². The lowest BCUT2D eigenvalue weighted by atomic mass is 10.2. The summed E-state index contributed by atoms with van der Waals surface area (Å²) in [6.45, 7) is 0. The summed E-state index contributed by atoms with van der Waals surface area (Å²) in [4.78, 5) is 21.6. The second-order valence-electron chi connectivity index (χ2n) is 2.47. The van der Waals surface area contributed by atoms with E-state index < -0.39 is 6.04 Å². The van der Waals surface area contributed by atoms with E-state index in [9.17, 15) is 9.59 Å². The van der Waals surface area contributed by atoms with Gasteiger partial charge < -0.3 is 21.2 Å². The quantitative estimate of drug-likeness (QED) is 0.417. The molecule has 0 heterocycles. The summed E-state index contributed by atoms with van der Waals surface area (Å²) in [5.74, 6) is 0. The second kappa shape index (κ2) is 6.36. The predicted molar refractivity (Wildman–Crippen MR) is 53.5 cm³/mol. The van der Waals surface area contributed by atoms with Crippen molar-refractivity contribution >= 4 is 29.5 Å². The van der Waals surface area contributed by atoms with Crippen molar-refractivity contribution < 1.29 is 9.59 Å². The van der Waals surface area contributed by atoms with Crippen molar-refractivity contribution in [2.75, 3.05) is 7.05 Å². The van der Waals surface area contributed by atoms with Gasteiger partial charge in [-0.15, -0.1) is 0 Å². The molecule has 6 heteroatoms. The zero-order chi connectivity index (χ0) is 10.3. The molecule has 13 heavy (non-hydrogen) atoms. The van der Waals surface area contributed by atoms with E-state index in [2.05, 4.69) is 22.9 Å². The molecule has 4 N–H and O–H groups in total. The number of aldehydes is 1. The van der Waals surface area contributed by atoms with Crippen LogP contribution in [0.25, 0.3) is 0 Å². The zero-order valence-corrected chi connectivity index (χ0v) is 8.19. The summed E-state index contributed by atoms with van der Waals surface area (Å²) in [5, 5.41) is 4.78. The van der Waals surface area contributed by atoms with E-state index in [0.29, 0.717) is 24.1 Å². The zero-order valence-electron chi connectivity index (χ0n) is 7.37. The Labute approximate surface area is 82.1 Å². The van der Waals surface area contributed by atoms with Crippen molar-refractivity contribution in [3.05, 3.63) is 0 Å². The van der Waals surface area contributed by atoms with Gasteiger partial charge in [-0.2, -0.15) is 0 Å². The normalized spacial score (nSPS) is 11.5. The van der Waals surface area contributed by atoms with Gasteiger partial charge >= 0.3 is 6.03 Å². The molecule has 0 saturated heterocycles. The summed E-state index contributed by atoms with van der Waals surface area (Å²) < 4.78 is 0. The van der Waals surface area contributed by atoms with Gasteiger partial charge in [0.2, 0.25) is 0 Å². The van der Waals surface area contributed by atoms with Crippen molar-refractivity contribution in [1.82, 2.24) is 10.6 Å². The molecule has 0 aromatic rings. The standard InChI is InChI=1S/C7H13N3O2S/c1-9-7(12)10-5(4-11)2-3-6(8)13/h4-5H,2-3H2,1H3,(H2,8,13)(H2,9,10,12). The van der Waals surface area contributed by atoms with Gasteiger partial charge in [-0.1, -0.05) is 12.2 Å².